The van der Waals surface area contributed by atoms with Gasteiger partial charge in [-0.25, -0.2) is 0 Å². The molecule has 4 N–H and O–H groups in total. The molecule has 0 aliphatic heterocycles. The molecule has 1 aromatic heterocycles. The number of nitrogens with one attached hydrogen (secondary N) is 1. The lowest BCUT2D eigenvalue weighted by molar-refractivity contribution is -0.125. The zero-order valence-corrected chi connectivity index (χ0v) is 13.8. The maximum atomic E-state index is 12.0. The zero-order valence-electron chi connectivity index (χ0n) is 12.2. The molecule has 22 heavy (non-hydrogen) atoms. The van der Waals surface area contributed by atoms with E-state index >= 15 is 0 Å². The van der Waals surface area contributed by atoms with E-state index in [1.165, 1.54) is 0 Å². The molecular formula is C16H21ClN2O2S. The second-order valence-corrected chi connectivity index (χ2v) is 6.83. The van der Waals surface area contributed by atoms with E-state index in [-0.39, 0.29) is 36.8 Å². The lowest BCUT2D eigenvalue weighted by Crippen LogP contribution is -2.33. The molecule has 4 nitrogen and oxygen atoms in total. The molecule has 0 saturated heterocycles. The number of thiophene rings is 1. The maximum Gasteiger partial charge on any atom is 0.223 e. The summed E-state index contributed by atoms with van der Waals surface area (Å²) in [5.41, 5.74) is 5.83. The van der Waals surface area contributed by atoms with E-state index in [0.29, 0.717) is 0 Å². The third-order valence-electron chi connectivity index (χ3n) is 4.09. The van der Waals surface area contributed by atoms with Crippen molar-refractivity contribution >= 4 is 39.7 Å². The van der Waals surface area contributed by atoms with Gasteiger partial charge in [0.2, 0.25) is 5.91 Å². The van der Waals surface area contributed by atoms with Crippen LogP contribution in [-0.4, -0.2) is 23.6 Å². The number of aliphatic hydroxyl groups is 1. The number of amides is 1. The van der Waals surface area contributed by atoms with Crippen molar-refractivity contribution < 1.29 is 9.90 Å². The Hall–Kier alpha value is -1.14. The first kappa shape index (κ1) is 17.2. The molecule has 3 rings (SSSR count). The highest BCUT2D eigenvalue weighted by Gasteiger charge is 2.27. The smallest absolute Gasteiger partial charge is 0.223 e. The summed E-state index contributed by atoms with van der Waals surface area (Å²) in [5, 5.41) is 14.2. The van der Waals surface area contributed by atoms with Gasteiger partial charge >= 0.3 is 0 Å². The van der Waals surface area contributed by atoms with Crippen LogP contribution in [0, 0.1) is 5.92 Å². The van der Waals surface area contributed by atoms with Crippen LogP contribution in [0.25, 0.3) is 10.1 Å². The number of hydrogen-bond acceptors (Lipinski definition) is 4. The minimum atomic E-state index is -0.651. The summed E-state index contributed by atoms with van der Waals surface area (Å²) in [4.78, 5) is 12.9. The summed E-state index contributed by atoms with van der Waals surface area (Å²) in [7, 11) is 0. The van der Waals surface area contributed by atoms with Crippen molar-refractivity contribution in [3.63, 3.8) is 0 Å². The first-order valence-electron chi connectivity index (χ1n) is 7.33. The van der Waals surface area contributed by atoms with Crippen LogP contribution in [0.5, 0.6) is 0 Å². The summed E-state index contributed by atoms with van der Waals surface area (Å²) in [5.74, 6) is 0.0257. The molecule has 1 aromatic carbocycles. The van der Waals surface area contributed by atoms with E-state index in [9.17, 15) is 9.90 Å². The second-order valence-electron chi connectivity index (χ2n) is 5.72. The fraction of sp³-hybridized carbons (Fsp3) is 0.438. The van der Waals surface area contributed by atoms with Crippen molar-refractivity contribution in [1.82, 2.24) is 5.32 Å². The molecule has 1 fully saturated rings. The number of rotatable bonds is 4. The molecule has 0 bridgehead atoms. The van der Waals surface area contributed by atoms with Gasteiger partial charge in [0.05, 0.1) is 0 Å². The molecule has 0 spiro atoms. The Morgan fingerprint density at radius 1 is 1.41 bits per heavy atom. The molecule has 6 heteroatoms. The fourth-order valence-corrected chi connectivity index (χ4v) is 3.91. The molecule has 3 atom stereocenters. The van der Waals surface area contributed by atoms with Crippen molar-refractivity contribution in [3.05, 3.63) is 35.2 Å². The predicted octanol–water partition coefficient (Wildman–Crippen LogP) is 2.60. The lowest BCUT2D eigenvalue weighted by Gasteiger charge is -2.13. The van der Waals surface area contributed by atoms with Gasteiger partial charge in [-0.3, -0.25) is 4.79 Å². The predicted molar refractivity (Wildman–Crippen MR) is 92.4 cm³/mol. The van der Waals surface area contributed by atoms with Gasteiger partial charge < -0.3 is 16.2 Å². The standard InChI is InChI=1S/C16H20N2O2S.ClH/c17-12-6-5-11(7-12)16(20)18-9-13(19)15-8-10-3-1-2-4-14(10)21-15;/h1-4,8,11-13,19H,5-7,9,17H2,(H,18,20);1H. The van der Waals surface area contributed by atoms with Crippen molar-refractivity contribution in [1.29, 1.82) is 0 Å². The van der Waals surface area contributed by atoms with E-state index in [4.69, 9.17) is 5.73 Å². The first-order chi connectivity index (χ1) is 10.1. The summed E-state index contributed by atoms with van der Waals surface area (Å²) >= 11 is 1.57. The normalized spacial score (nSPS) is 22.3. The average Bonchev–Trinajstić information content (AvgIpc) is 3.10. The van der Waals surface area contributed by atoms with Crippen LogP contribution in [0.15, 0.2) is 30.3 Å². The molecule has 1 aliphatic carbocycles. The van der Waals surface area contributed by atoms with E-state index in [1.54, 1.807) is 11.3 Å². The van der Waals surface area contributed by atoms with Crippen LogP contribution in [0.4, 0.5) is 0 Å². The van der Waals surface area contributed by atoms with Crippen LogP contribution in [-0.2, 0) is 4.79 Å². The van der Waals surface area contributed by atoms with Crippen molar-refractivity contribution in [3.8, 4) is 0 Å². The second kappa shape index (κ2) is 7.42. The van der Waals surface area contributed by atoms with Crippen molar-refractivity contribution in [2.24, 2.45) is 11.7 Å². The minimum absolute atomic E-state index is 0. The molecule has 2 aromatic rings. The molecule has 1 heterocycles. The molecule has 1 saturated carbocycles. The number of halogens is 1. The Morgan fingerprint density at radius 3 is 2.86 bits per heavy atom. The van der Waals surface area contributed by atoms with Gasteiger partial charge in [-0.2, -0.15) is 0 Å². The van der Waals surface area contributed by atoms with Gasteiger partial charge in [-0.1, -0.05) is 18.2 Å². The first-order valence-corrected chi connectivity index (χ1v) is 8.15. The quantitative estimate of drug-likeness (QED) is 0.800. The lowest BCUT2D eigenvalue weighted by atomic mass is 10.1. The van der Waals surface area contributed by atoms with E-state index in [2.05, 4.69) is 5.32 Å². The van der Waals surface area contributed by atoms with E-state index < -0.39 is 6.10 Å². The van der Waals surface area contributed by atoms with Gasteiger partial charge in [-0.05, 0) is 36.8 Å². The highest BCUT2D eigenvalue weighted by molar-refractivity contribution is 7.19. The van der Waals surface area contributed by atoms with Crippen LogP contribution in [0.1, 0.15) is 30.2 Å². The van der Waals surface area contributed by atoms with Crippen LogP contribution >= 0.6 is 23.7 Å². The van der Waals surface area contributed by atoms with Crippen molar-refractivity contribution in [2.75, 3.05) is 6.54 Å². The minimum Gasteiger partial charge on any atom is -0.386 e. The summed E-state index contributed by atoms with van der Waals surface area (Å²) in [6, 6.07) is 10.2. The summed E-state index contributed by atoms with van der Waals surface area (Å²) in [6.07, 6.45) is 1.87. The zero-order chi connectivity index (χ0) is 14.8. The summed E-state index contributed by atoms with van der Waals surface area (Å²) < 4.78 is 1.15. The molecule has 0 radical (unpaired) electrons. The number of fused-ring (bicyclic) bond motifs is 1. The Bertz CT molecular complexity index is 613. The SMILES string of the molecule is Cl.NC1CCC(C(=O)NCC(O)c2cc3ccccc3s2)C1. The van der Waals surface area contributed by atoms with Gasteiger partial charge in [-0.15, -0.1) is 23.7 Å². The number of nitrogens with two attached hydrogens (primary N) is 1. The molecule has 120 valence electrons. The highest BCUT2D eigenvalue weighted by Crippen LogP contribution is 2.29. The highest BCUT2D eigenvalue weighted by atomic mass is 35.5. The Morgan fingerprint density at radius 2 is 2.18 bits per heavy atom. The van der Waals surface area contributed by atoms with Gasteiger partial charge in [0, 0.05) is 28.1 Å². The number of carbonyl (C=O) groups excluding carboxylic acids is 1. The van der Waals surface area contributed by atoms with Gasteiger partial charge in [0.15, 0.2) is 0 Å². The third kappa shape index (κ3) is 3.79. The molecule has 1 amide bonds. The van der Waals surface area contributed by atoms with Crippen LogP contribution < -0.4 is 11.1 Å². The fourth-order valence-electron chi connectivity index (χ4n) is 2.86. The number of aliphatic hydroxyl groups excluding tert-OH is 1. The summed E-state index contributed by atoms with van der Waals surface area (Å²) in [6.45, 7) is 0.261. The average molecular weight is 341 g/mol. The molecule has 1 aliphatic rings. The van der Waals surface area contributed by atoms with Crippen LogP contribution in [0.3, 0.4) is 0 Å². The monoisotopic (exact) mass is 340 g/mol. The van der Waals surface area contributed by atoms with E-state index in [1.807, 2.05) is 30.3 Å². The van der Waals surface area contributed by atoms with Crippen molar-refractivity contribution in [2.45, 2.75) is 31.4 Å². The largest absolute Gasteiger partial charge is 0.386 e. The Balaban J connectivity index is 0.00000176. The number of hydrogen-bond donors (Lipinski definition) is 3. The molecular weight excluding hydrogens is 320 g/mol. The Kier molecular flexibility index (Phi) is 5.81. The third-order valence-corrected chi connectivity index (χ3v) is 5.30. The number of benzene rings is 1. The maximum absolute atomic E-state index is 12.0. The van der Waals surface area contributed by atoms with Crippen LogP contribution in [0.2, 0.25) is 0 Å². The molecule has 3 unspecified atom stereocenters. The van der Waals surface area contributed by atoms with Gasteiger partial charge in [0.25, 0.3) is 0 Å². The number of carbonyl (C=O) groups is 1. The van der Waals surface area contributed by atoms with Gasteiger partial charge in [0.1, 0.15) is 6.10 Å². The Labute approximate surface area is 140 Å². The van der Waals surface area contributed by atoms with E-state index in [0.717, 1.165) is 34.2 Å². The topological polar surface area (TPSA) is 75.4 Å².